The molecule has 160 valence electrons. The van der Waals surface area contributed by atoms with Gasteiger partial charge in [0.05, 0.1) is 6.61 Å². The lowest BCUT2D eigenvalue weighted by Crippen LogP contribution is -2.66. The number of rotatable bonds is 8. The summed E-state index contributed by atoms with van der Waals surface area (Å²) in [5.41, 5.74) is 0. The average molecular weight is 425 g/mol. The van der Waals surface area contributed by atoms with Crippen LogP contribution in [0.25, 0.3) is 0 Å². The van der Waals surface area contributed by atoms with Crippen LogP contribution in [0.2, 0.25) is 5.04 Å². The Bertz CT molecular complexity index is 808. The van der Waals surface area contributed by atoms with E-state index in [4.69, 9.17) is 9.16 Å². The molecule has 0 aliphatic rings. The van der Waals surface area contributed by atoms with Gasteiger partial charge < -0.3 is 14.3 Å². The normalized spacial score (nSPS) is 12.6. The van der Waals surface area contributed by atoms with Gasteiger partial charge in [0, 0.05) is 12.5 Å². The summed E-state index contributed by atoms with van der Waals surface area (Å²) in [6.07, 6.45) is 0.200. The number of ether oxygens (including phenoxy) is 1. The first-order valence-electron chi connectivity index (χ1n) is 10.4. The summed E-state index contributed by atoms with van der Waals surface area (Å²) in [6, 6.07) is 20.9. The van der Waals surface area contributed by atoms with E-state index >= 15 is 0 Å². The van der Waals surface area contributed by atoms with Gasteiger partial charge in [-0.15, -0.1) is 0 Å². The minimum Gasteiger partial charge on any atom is -0.456 e. The predicted octanol–water partition coefficient (Wildman–Crippen LogP) is 3.27. The van der Waals surface area contributed by atoms with Crippen LogP contribution in [-0.2, 0) is 14.0 Å². The summed E-state index contributed by atoms with van der Waals surface area (Å²) in [6.45, 7) is 9.20. The first-order valence-corrected chi connectivity index (χ1v) is 12.3. The molecule has 0 aliphatic heterocycles. The molecule has 0 unspecified atom stereocenters. The highest BCUT2D eigenvalue weighted by Crippen LogP contribution is 2.36. The monoisotopic (exact) mass is 424 g/mol. The molecular weight excluding hydrogens is 392 g/mol. The van der Waals surface area contributed by atoms with E-state index in [2.05, 4.69) is 81.1 Å². The summed E-state index contributed by atoms with van der Waals surface area (Å²) >= 11 is 0. The zero-order valence-corrected chi connectivity index (χ0v) is 19.4. The van der Waals surface area contributed by atoms with Crippen molar-refractivity contribution >= 4 is 24.7 Å². The van der Waals surface area contributed by atoms with Crippen LogP contribution in [0.1, 0.15) is 40.5 Å². The van der Waals surface area contributed by atoms with Crippen LogP contribution >= 0.6 is 0 Å². The standard InChI is InChI=1S/C25H32O4Si/c1-5-28-24(27)19-18-21(26)13-12-20-29-30(25(2,3)4,22-14-8-6-9-15-22)23-16-10-7-11-17-23/h6-11,14-17,21,26H,5,12-13,20H2,1-4H3/t21-/m1/s1. The molecule has 0 radical (unpaired) electrons. The number of hydrogen-bond acceptors (Lipinski definition) is 4. The van der Waals surface area contributed by atoms with E-state index in [0.29, 0.717) is 19.4 Å². The minimum atomic E-state index is -2.56. The Kier molecular flexibility index (Phi) is 8.85. The highest BCUT2D eigenvalue weighted by molar-refractivity contribution is 6.99. The summed E-state index contributed by atoms with van der Waals surface area (Å²) in [4.78, 5) is 11.3. The van der Waals surface area contributed by atoms with Crippen LogP contribution in [0.15, 0.2) is 60.7 Å². The SMILES string of the molecule is CCOC(=O)C#C[C@H](O)CCCO[Si](c1ccccc1)(c1ccccc1)C(C)(C)C. The lowest BCUT2D eigenvalue weighted by atomic mass is 10.2. The van der Waals surface area contributed by atoms with Crippen molar-refractivity contribution in [2.45, 2.75) is 51.7 Å². The summed E-state index contributed by atoms with van der Waals surface area (Å²) in [5.74, 6) is 4.26. The number of aliphatic hydroxyl groups is 1. The molecule has 4 nitrogen and oxygen atoms in total. The van der Waals surface area contributed by atoms with Gasteiger partial charge in [0.15, 0.2) is 0 Å². The quantitative estimate of drug-likeness (QED) is 0.232. The lowest BCUT2D eigenvalue weighted by Gasteiger charge is -2.43. The van der Waals surface area contributed by atoms with Gasteiger partial charge in [0.2, 0.25) is 0 Å². The molecule has 0 fully saturated rings. The highest BCUT2D eigenvalue weighted by atomic mass is 28.4. The Labute approximate surface area is 181 Å². The van der Waals surface area contributed by atoms with Crippen LogP contribution in [-0.4, -0.2) is 38.7 Å². The van der Waals surface area contributed by atoms with Crippen molar-refractivity contribution in [3.8, 4) is 11.8 Å². The first kappa shape index (κ1) is 23.9. The maximum Gasteiger partial charge on any atom is 0.384 e. The molecule has 1 N–H and O–H groups in total. The average Bonchev–Trinajstić information content (AvgIpc) is 2.73. The maximum absolute atomic E-state index is 11.3. The largest absolute Gasteiger partial charge is 0.456 e. The molecule has 2 rings (SSSR count). The molecule has 0 saturated carbocycles. The molecular formula is C25H32O4Si. The van der Waals surface area contributed by atoms with Crippen molar-refractivity contribution in [1.82, 2.24) is 0 Å². The van der Waals surface area contributed by atoms with E-state index in [9.17, 15) is 9.90 Å². The molecule has 0 heterocycles. The van der Waals surface area contributed by atoms with Crippen molar-refractivity contribution < 1.29 is 19.1 Å². The van der Waals surface area contributed by atoms with Gasteiger partial charge in [-0.05, 0) is 35.2 Å². The molecule has 0 amide bonds. The van der Waals surface area contributed by atoms with Crippen LogP contribution < -0.4 is 10.4 Å². The number of aliphatic hydroxyl groups excluding tert-OH is 1. The van der Waals surface area contributed by atoms with Crippen molar-refractivity contribution in [1.29, 1.82) is 0 Å². The highest BCUT2D eigenvalue weighted by Gasteiger charge is 2.49. The lowest BCUT2D eigenvalue weighted by molar-refractivity contribution is -0.136. The van der Waals surface area contributed by atoms with Crippen LogP contribution in [0.5, 0.6) is 0 Å². The Morgan fingerprint density at radius 1 is 1.03 bits per heavy atom. The second-order valence-corrected chi connectivity index (χ2v) is 12.5. The molecule has 5 heteroatoms. The Morgan fingerprint density at radius 3 is 2.03 bits per heavy atom. The predicted molar refractivity (Wildman–Crippen MR) is 123 cm³/mol. The van der Waals surface area contributed by atoms with Crippen molar-refractivity contribution in [3.05, 3.63) is 60.7 Å². The van der Waals surface area contributed by atoms with Crippen LogP contribution in [0.4, 0.5) is 0 Å². The second-order valence-electron chi connectivity index (χ2n) is 8.16. The van der Waals surface area contributed by atoms with Gasteiger partial charge in [-0.2, -0.15) is 0 Å². The van der Waals surface area contributed by atoms with Gasteiger partial charge >= 0.3 is 5.97 Å². The Morgan fingerprint density at radius 2 is 1.57 bits per heavy atom. The Hall–Kier alpha value is -2.39. The third-order valence-corrected chi connectivity index (χ3v) is 10.0. The number of hydrogen-bond donors (Lipinski definition) is 1. The fraction of sp³-hybridized carbons (Fsp3) is 0.400. The van der Waals surface area contributed by atoms with E-state index in [1.54, 1.807) is 6.92 Å². The van der Waals surface area contributed by atoms with Crippen molar-refractivity contribution in [2.24, 2.45) is 0 Å². The molecule has 2 aromatic rings. The molecule has 0 spiro atoms. The number of carbonyl (C=O) groups is 1. The third kappa shape index (κ3) is 6.05. The Balaban J connectivity index is 2.18. The van der Waals surface area contributed by atoms with E-state index in [0.717, 1.165) is 0 Å². The molecule has 0 aromatic heterocycles. The zero-order chi connectivity index (χ0) is 22.0. The molecule has 1 atom stereocenters. The molecule has 0 saturated heterocycles. The van der Waals surface area contributed by atoms with E-state index in [1.165, 1.54) is 10.4 Å². The van der Waals surface area contributed by atoms with E-state index < -0.39 is 20.4 Å². The number of benzene rings is 2. The number of esters is 1. The summed E-state index contributed by atoms with van der Waals surface area (Å²) in [7, 11) is -2.56. The van der Waals surface area contributed by atoms with Gasteiger partial charge in [-0.1, -0.05) is 87.4 Å². The third-order valence-electron chi connectivity index (χ3n) is 4.97. The minimum absolute atomic E-state index is 0.0853. The van der Waals surface area contributed by atoms with E-state index in [-0.39, 0.29) is 11.6 Å². The van der Waals surface area contributed by atoms with Crippen molar-refractivity contribution in [3.63, 3.8) is 0 Å². The molecule has 2 aromatic carbocycles. The summed E-state index contributed by atoms with van der Waals surface area (Å²) in [5, 5.41) is 12.4. The summed E-state index contributed by atoms with van der Waals surface area (Å²) < 4.78 is 11.5. The molecule has 0 bridgehead atoms. The zero-order valence-electron chi connectivity index (χ0n) is 18.4. The second kappa shape index (κ2) is 11.1. The number of carbonyl (C=O) groups excluding carboxylic acids is 1. The van der Waals surface area contributed by atoms with Crippen LogP contribution in [0.3, 0.4) is 0 Å². The van der Waals surface area contributed by atoms with E-state index in [1.807, 2.05) is 12.1 Å². The fourth-order valence-electron chi connectivity index (χ4n) is 3.65. The maximum atomic E-state index is 11.3. The van der Waals surface area contributed by atoms with Gasteiger partial charge in [-0.25, -0.2) is 4.79 Å². The molecule has 0 aliphatic carbocycles. The first-order chi connectivity index (χ1) is 14.3. The van der Waals surface area contributed by atoms with Gasteiger partial charge in [-0.3, -0.25) is 0 Å². The smallest absolute Gasteiger partial charge is 0.384 e. The van der Waals surface area contributed by atoms with Gasteiger partial charge in [0.1, 0.15) is 6.10 Å². The van der Waals surface area contributed by atoms with Crippen LogP contribution in [0, 0.1) is 11.8 Å². The fourth-order valence-corrected chi connectivity index (χ4v) is 8.25. The van der Waals surface area contributed by atoms with Crippen molar-refractivity contribution in [2.75, 3.05) is 13.2 Å². The topological polar surface area (TPSA) is 55.8 Å². The van der Waals surface area contributed by atoms with Gasteiger partial charge in [0.25, 0.3) is 8.32 Å². The molecule has 30 heavy (non-hydrogen) atoms.